The Labute approximate surface area is 134 Å². The molecule has 0 aliphatic heterocycles. The molecule has 0 saturated carbocycles. The molecule has 7 nitrogen and oxygen atoms in total. The molecule has 0 atom stereocenters. The zero-order valence-corrected chi connectivity index (χ0v) is 13.5. The SMILES string of the molecule is COc1cc(OC)cc(-c2ncn(/C=C\C(=O)OC(C)C)n2)c1. The van der Waals surface area contributed by atoms with Gasteiger partial charge in [0, 0.05) is 23.9 Å². The van der Waals surface area contributed by atoms with E-state index in [0.717, 1.165) is 5.56 Å². The largest absolute Gasteiger partial charge is 0.497 e. The maximum Gasteiger partial charge on any atom is 0.332 e. The summed E-state index contributed by atoms with van der Waals surface area (Å²) in [7, 11) is 3.15. The van der Waals surface area contributed by atoms with Gasteiger partial charge in [0.1, 0.15) is 17.8 Å². The minimum atomic E-state index is -0.430. The molecule has 2 rings (SSSR count). The predicted molar refractivity (Wildman–Crippen MR) is 85.1 cm³/mol. The highest BCUT2D eigenvalue weighted by molar-refractivity contribution is 5.85. The molecule has 0 aliphatic carbocycles. The maximum absolute atomic E-state index is 11.5. The van der Waals surface area contributed by atoms with Crippen LogP contribution in [-0.2, 0) is 9.53 Å². The lowest BCUT2D eigenvalue weighted by Crippen LogP contribution is -2.08. The average Bonchev–Trinajstić information content (AvgIpc) is 3.00. The number of hydrogen-bond donors (Lipinski definition) is 0. The molecule has 0 fully saturated rings. The van der Waals surface area contributed by atoms with Gasteiger partial charge >= 0.3 is 5.97 Å². The van der Waals surface area contributed by atoms with Crippen LogP contribution in [0.4, 0.5) is 0 Å². The smallest absolute Gasteiger partial charge is 0.332 e. The first-order chi connectivity index (χ1) is 11.0. The van der Waals surface area contributed by atoms with E-state index in [1.165, 1.54) is 23.3 Å². The third-order valence-electron chi connectivity index (χ3n) is 2.83. The molecule has 2 aromatic rings. The van der Waals surface area contributed by atoms with E-state index >= 15 is 0 Å². The molecule has 0 bridgehead atoms. The van der Waals surface area contributed by atoms with Crippen LogP contribution < -0.4 is 9.47 Å². The summed E-state index contributed by atoms with van der Waals surface area (Å²) in [5.41, 5.74) is 0.748. The van der Waals surface area contributed by atoms with E-state index < -0.39 is 5.97 Å². The maximum atomic E-state index is 11.5. The van der Waals surface area contributed by atoms with E-state index in [1.807, 2.05) is 0 Å². The Balaban J connectivity index is 2.19. The van der Waals surface area contributed by atoms with Crippen molar-refractivity contribution in [1.29, 1.82) is 0 Å². The summed E-state index contributed by atoms with van der Waals surface area (Å²) in [5.74, 6) is 1.35. The summed E-state index contributed by atoms with van der Waals surface area (Å²) in [6.07, 6.45) is 4.12. The quantitative estimate of drug-likeness (QED) is 0.601. The number of carbonyl (C=O) groups is 1. The molecule has 1 heterocycles. The summed E-state index contributed by atoms with van der Waals surface area (Å²) >= 11 is 0. The molecule has 122 valence electrons. The van der Waals surface area contributed by atoms with Gasteiger partial charge in [-0.15, -0.1) is 5.10 Å². The van der Waals surface area contributed by atoms with Crippen molar-refractivity contribution in [2.45, 2.75) is 20.0 Å². The molecule has 0 aliphatic rings. The Morgan fingerprint density at radius 3 is 2.39 bits per heavy atom. The van der Waals surface area contributed by atoms with Gasteiger partial charge in [0.05, 0.1) is 20.3 Å². The van der Waals surface area contributed by atoms with Crippen LogP contribution in [0, 0.1) is 0 Å². The second-order valence-corrected chi connectivity index (χ2v) is 4.95. The van der Waals surface area contributed by atoms with Crippen LogP contribution in [0.3, 0.4) is 0 Å². The lowest BCUT2D eigenvalue weighted by atomic mass is 10.2. The van der Waals surface area contributed by atoms with E-state index in [9.17, 15) is 4.79 Å². The highest BCUT2D eigenvalue weighted by Crippen LogP contribution is 2.27. The minimum Gasteiger partial charge on any atom is -0.497 e. The zero-order valence-electron chi connectivity index (χ0n) is 13.5. The fourth-order valence-corrected chi connectivity index (χ4v) is 1.82. The fraction of sp³-hybridized carbons (Fsp3) is 0.312. The van der Waals surface area contributed by atoms with Gasteiger partial charge in [-0.3, -0.25) is 0 Å². The van der Waals surface area contributed by atoms with Gasteiger partial charge in [-0.25, -0.2) is 14.5 Å². The summed E-state index contributed by atoms with van der Waals surface area (Å²) in [6, 6.07) is 5.38. The summed E-state index contributed by atoms with van der Waals surface area (Å²) in [4.78, 5) is 15.7. The number of methoxy groups -OCH3 is 2. The molecule has 0 saturated heterocycles. The van der Waals surface area contributed by atoms with E-state index in [1.54, 1.807) is 46.3 Å². The van der Waals surface area contributed by atoms with Crippen LogP contribution in [0.25, 0.3) is 17.6 Å². The minimum absolute atomic E-state index is 0.164. The van der Waals surface area contributed by atoms with E-state index in [-0.39, 0.29) is 6.10 Å². The van der Waals surface area contributed by atoms with Gasteiger partial charge in [-0.05, 0) is 26.0 Å². The topological polar surface area (TPSA) is 75.5 Å². The normalized spacial score (nSPS) is 11.0. The number of hydrogen-bond acceptors (Lipinski definition) is 6. The first-order valence-electron chi connectivity index (χ1n) is 7.05. The molecule has 23 heavy (non-hydrogen) atoms. The van der Waals surface area contributed by atoms with Crippen LogP contribution in [-0.4, -0.2) is 41.1 Å². The van der Waals surface area contributed by atoms with Crippen LogP contribution in [0.15, 0.2) is 30.6 Å². The molecule has 0 N–H and O–H groups in total. The number of ether oxygens (including phenoxy) is 3. The molecule has 0 spiro atoms. The zero-order chi connectivity index (χ0) is 16.8. The third kappa shape index (κ3) is 4.57. The Morgan fingerprint density at radius 2 is 1.83 bits per heavy atom. The summed E-state index contributed by atoms with van der Waals surface area (Å²) in [6.45, 7) is 3.57. The first kappa shape index (κ1) is 16.5. The van der Waals surface area contributed by atoms with E-state index in [4.69, 9.17) is 14.2 Å². The van der Waals surface area contributed by atoms with Gasteiger partial charge in [0.25, 0.3) is 0 Å². The molecule has 1 aromatic carbocycles. The molecule has 0 unspecified atom stereocenters. The Kier molecular flexibility index (Phi) is 5.35. The number of esters is 1. The fourth-order valence-electron chi connectivity index (χ4n) is 1.82. The Hall–Kier alpha value is -2.83. The van der Waals surface area contributed by atoms with Gasteiger partial charge in [-0.2, -0.15) is 0 Å². The van der Waals surface area contributed by atoms with E-state index in [2.05, 4.69) is 10.1 Å². The standard InChI is InChI=1S/C16H19N3O4/c1-11(2)23-15(20)5-6-19-10-17-16(18-19)12-7-13(21-3)9-14(8-12)22-4/h5-11H,1-4H3/b6-5-. The Bertz CT molecular complexity index is 685. The monoisotopic (exact) mass is 317 g/mol. The number of rotatable bonds is 6. The number of carbonyl (C=O) groups excluding carboxylic acids is 1. The lowest BCUT2D eigenvalue weighted by molar-refractivity contribution is -0.141. The molecule has 1 aromatic heterocycles. The van der Waals surface area contributed by atoms with Gasteiger partial charge in [0.2, 0.25) is 0 Å². The summed E-state index contributed by atoms with van der Waals surface area (Å²) in [5, 5.41) is 4.28. The summed E-state index contributed by atoms with van der Waals surface area (Å²) < 4.78 is 16.9. The highest BCUT2D eigenvalue weighted by atomic mass is 16.5. The van der Waals surface area contributed by atoms with Crippen molar-refractivity contribution >= 4 is 12.2 Å². The third-order valence-corrected chi connectivity index (χ3v) is 2.83. The Morgan fingerprint density at radius 1 is 1.17 bits per heavy atom. The van der Waals surface area contributed by atoms with Crippen LogP contribution >= 0.6 is 0 Å². The highest BCUT2D eigenvalue weighted by Gasteiger charge is 2.08. The van der Waals surface area contributed by atoms with Crippen molar-refractivity contribution in [1.82, 2.24) is 14.8 Å². The van der Waals surface area contributed by atoms with Crippen molar-refractivity contribution in [3.05, 3.63) is 30.6 Å². The first-order valence-corrected chi connectivity index (χ1v) is 7.05. The van der Waals surface area contributed by atoms with Crippen LogP contribution in [0.2, 0.25) is 0 Å². The van der Waals surface area contributed by atoms with Crippen LogP contribution in [0.1, 0.15) is 13.8 Å². The molecule has 0 amide bonds. The number of nitrogens with zero attached hydrogens (tertiary/aromatic N) is 3. The molecule has 7 heteroatoms. The van der Waals surface area contributed by atoms with Crippen molar-refractivity contribution in [2.75, 3.05) is 14.2 Å². The van der Waals surface area contributed by atoms with E-state index in [0.29, 0.717) is 17.3 Å². The second kappa shape index (κ2) is 7.44. The van der Waals surface area contributed by atoms with Crippen molar-refractivity contribution in [3.63, 3.8) is 0 Å². The van der Waals surface area contributed by atoms with Crippen molar-refractivity contribution in [3.8, 4) is 22.9 Å². The van der Waals surface area contributed by atoms with Gasteiger partial charge < -0.3 is 14.2 Å². The molecule has 0 radical (unpaired) electrons. The number of benzene rings is 1. The number of aromatic nitrogens is 3. The molecular formula is C16H19N3O4. The predicted octanol–water partition coefficient (Wildman–Crippen LogP) is 2.38. The van der Waals surface area contributed by atoms with Gasteiger partial charge in [0.15, 0.2) is 5.82 Å². The average molecular weight is 317 g/mol. The van der Waals surface area contributed by atoms with Gasteiger partial charge in [-0.1, -0.05) is 0 Å². The van der Waals surface area contributed by atoms with Crippen molar-refractivity contribution in [2.24, 2.45) is 0 Å². The van der Waals surface area contributed by atoms with Crippen LogP contribution in [0.5, 0.6) is 11.5 Å². The lowest BCUT2D eigenvalue weighted by Gasteiger charge is -2.06. The second-order valence-electron chi connectivity index (χ2n) is 4.95. The van der Waals surface area contributed by atoms with Crippen molar-refractivity contribution < 1.29 is 19.0 Å². The molecular weight excluding hydrogens is 298 g/mol.